The van der Waals surface area contributed by atoms with E-state index in [1.165, 1.54) is 5.56 Å². The second-order valence-corrected chi connectivity index (χ2v) is 4.54. The first kappa shape index (κ1) is 14.0. The molecule has 4 heteroatoms. The van der Waals surface area contributed by atoms with Crippen molar-refractivity contribution < 1.29 is 4.74 Å². The molecule has 0 radical (unpaired) electrons. The fraction of sp³-hybridized carbons (Fsp3) is 0.250. The molecular weight excluding hydrogens is 250 g/mol. The molecule has 0 aliphatic heterocycles. The van der Waals surface area contributed by atoms with Crippen LogP contribution in [0.15, 0.2) is 42.6 Å². The summed E-state index contributed by atoms with van der Waals surface area (Å²) in [5, 5.41) is 12.2. The molecule has 20 heavy (non-hydrogen) atoms. The maximum absolute atomic E-state index is 8.82. The Labute approximate surface area is 119 Å². The van der Waals surface area contributed by atoms with Gasteiger partial charge >= 0.3 is 0 Å². The van der Waals surface area contributed by atoms with Crippen LogP contribution in [-0.4, -0.2) is 12.1 Å². The van der Waals surface area contributed by atoms with Crippen molar-refractivity contribution in [3.05, 3.63) is 59.4 Å². The Morgan fingerprint density at radius 3 is 2.70 bits per heavy atom. The highest BCUT2D eigenvalue weighted by Gasteiger charge is 2.05. The van der Waals surface area contributed by atoms with Crippen LogP contribution in [-0.2, 0) is 6.54 Å². The third-order valence-corrected chi connectivity index (χ3v) is 3.17. The fourth-order valence-corrected chi connectivity index (χ4v) is 1.93. The lowest BCUT2D eigenvalue weighted by Crippen LogP contribution is -2.18. The van der Waals surface area contributed by atoms with Gasteiger partial charge in [0.2, 0.25) is 0 Å². The quantitative estimate of drug-likeness (QED) is 0.905. The molecule has 4 nitrogen and oxygen atoms in total. The van der Waals surface area contributed by atoms with Gasteiger partial charge in [0.15, 0.2) is 0 Å². The largest absolute Gasteiger partial charge is 0.497 e. The third kappa shape index (κ3) is 3.56. The molecule has 0 saturated heterocycles. The van der Waals surface area contributed by atoms with Gasteiger partial charge in [0.05, 0.1) is 7.11 Å². The number of rotatable bonds is 5. The smallest absolute Gasteiger partial charge is 0.140 e. The molecule has 1 heterocycles. The van der Waals surface area contributed by atoms with Crippen LogP contribution in [0.1, 0.15) is 29.8 Å². The van der Waals surface area contributed by atoms with Gasteiger partial charge in [-0.15, -0.1) is 0 Å². The topological polar surface area (TPSA) is 57.9 Å². The number of nitrogens with zero attached hydrogens (tertiary/aromatic N) is 2. The number of hydrogen-bond donors (Lipinski definition) is 1. The van der Waals surface area contributed by atoms with E-state index in [0.29, 0.717) is 12.2 Å². The van der Waals surface area contributed by atoms with Crippen LogP contribution in [0, 0.1) is 11.3 Å². The Balaban J connectivity index is 1.97. The molecule has 1 aromatic heterocycles. The van der Waals surface area contributed by atoms with Crippen LogP contribution >= 0.6 is 0 Å². The molecule has 2 rings (SSSR count). The molecule has 0 saturated carbocycles. The molecular formula is C16H17N3O. The maximum Gasteiger partial charge on any atom is 0.140 e. The van der Waals surface area contributed by atoms with Gasteiger partial charge in [-0.25, -0.2) is 4.98 Å². The van der Waals surface area contributed by atoms with Crippen LogP contribution < -0.4 is 10.1 Å². The summed E-state index contributed by atoms with van der Waals surface area (Å²) in [6.45, 7) is 2.80. The summed E-state index contributed by atoms with van der Waals surface area (Å²) in [5.74, 6) is 0.855. The summed E-state index contributed by atoms with van der Waals surface area (Å²) in [6, 6.07) is 14.0. The highest BCUT2D eigenvalue weighted by molar-refractivity contribution is 5.29. The fourth-order valence-electron chi connectivity index (χ4n) is 1.93. The Hall–Kier alpha value is -2.38. The van der Waals surface area contributed by atoms with E-state index < -0.39 is 0 Å². The number of aromatic nitrogens is 1. The number of benzene rings is 1. The molecule has 1 N–H and O–H groups in total. The minimum atomic E-state index is 0.222. The summed E-state index contributed by atoms with van der Waals surface area (Å²) in [6.07, 6.45) is 1.66. The number of nitriles is 1. The van der Waals surface area contributed by atoms with Crippen molar-refractivity contribution in [2.45, 2.75) is 19.5 Å². The summed E-state index contributed by atoms with van der Waals surface area (Å²) in [4.78, 5) is 3.96. The zero-order valence-electron chi connectivity index (χ0n) is 11.6. The van der Waals surface area contributed by atoms with Gasteiger partial charge in [0.1, 0.15) is 17.5 Å². The lowest BCUT2D eigenvalue weighted by atomic mass is 10.1. The molecule has 0 aliphatic carbocycles. The maximum atomic E-state index is 8.82. The van der Waals surface area contributed by atoms with Crippen LogP contribution in [0.4, 0.5) is 0 Å². The van der Waals surface area contributed by atoms with Gasteiger partial charge in [-0.3, -0.25) is 0 Å². The Kier molecular flexibility index (Phi) is 4.70. The predicted octanol–water partition coefficient (Wildman–Crippen LogP) is 2.81. The van der Waals surface area contributed by atoms with Gasteiger partial charge in [-0.05, 0) is 42.3 Å². The molecule has 0 spiro atoms. The number of nitrogens with one attached hydrogen (secondary N) is 1. The predicted molar refractivity (Wildman–Crippen MR) is 77.2 cm³/mol. The van der Waals surface area contributed by atoms with Crippen molar-refractivity contribution in [3.63, 3.8) is 0 Å². The number of ether oxygens (including phenoxy) is 1. The molecule has 1 aromatic carbocycles. The minimum Gasteiger partial charge on any atom is -0.497 e. The first-order chi connectivity index (χ1) is 9.72. The lowest BCUT2D eigenvalue weighted by molar-refractivity contribution is 0.414. The van der Waals surface area contributed by atoms with E-state index in [9.17, 15) is 0 Å². The molecule has 0 amide bonds. The first-order valence-corrected chi connectivity index (χ1v) is 6.45. The lowest BCUT2D eigenvalue weighted by Gasteiger charge is -2.14. The van der Waals surface area contributed by atoms with Crippen LogP contribution in [0.2, 0.25) is 0 Å². The first-order valence-electron chi connectivity index (χ1n) is 6.45. The zero-order chi connectivity index (χ0) is 14.4. The van der Waals surface area contributed by atoms with E-state index in [-0.39, 0.29) is 6.04 Å². The summed E-state index contributed by atoms with van der Waals surface area (Å²) in [7, 11) is 1.66. The molecule has 0 unspecified atom stereocenters. The van der Waals surface area contributed by atoms with E-state index in [1.54, 1.807) is 19.4 Å². The van der Waals surface area contributed by atoms with Crippen LogP contribution in [0.25, 0.3) is 0 Å². The molecule has 102 valence electrons. The van der Waals surface area contributed by atoms with Gasteiger partial charge in [0.25, 0.3) is 0 Å². The molecule has 0 aliphatic rings. The molecule has 0 bridgehead atoms. The number of pyridine rings is 1. The van der Waals surface area contributed by atoms with E-state index in [2.05, 4.69) is 17.2 Å². The zero-order valence-corrected chi connectivity index (χ0v) is 11.6. The van der Waals surface area contributed by atoms with Crippen molar-refractivity contribution in [2.24, 2.45) is 0 Å². The molecule has 0 fully saturated rings. The van der Waals surface area contributed by atoms with Crippen molar-refractivity contribution in [2.75, 3.05) is 7.11 Å². The summed E-state index contributed by atoms with van der Waals surface area (Å²) >= 11 is 0. The SMILES string of the molecule is COc1ccc([C@@H](C)NCc2ccnc(C#N)c2)cc1. The highest BCUT2D eigenvalue weighted by Crippen LogP contribution is 2.17. The summed E-state index contributed by atoms with van der Waals surface area (Å²) in [5.41, 5.74) is 2.69. The average molecular weight is 267 g/mol. The molecule has 1 atom stereocenters. The molecule has 2 aromatic rings. The monoisotopic (exact) mass is 267 g/mol. The van der Waals surface area contributed by atoms with E-state index in [1.807, 2.05) is 36.4 Å². The van der Waals surface area contributed by atoms with Crippen LogP contribution in [0.3, 0.4) is 0 Å². The number of hydrogen-bond acceptors (Lipinski definition) is 4. The Morgan fingerprint density at radius 1 is 1.30 bits per heavy atom. The second kappa shape index (κ2) is 6.69. The summed E-state index contributed by atoms with van der Waals surface area (Å²) < 4.78 is 5.15. The van der Waals surface area contributed by atoms with E-state index >= 15 is 0 Å². The third-order valence-electron chi connectivity index (χ3n) is 3.17. The standard InChI is InChI=1S/C16H17N3O/c1-12(14-3-5-16(20-2)6-4-14)19-11-13-7-8-18-15(9-13)10-17/h3-9,12,19H,11H2,1-2H3/t12-/m1/s1. The van der Waals surface area contributed by atoms with Crippen molar-refractivity contribution in [1.82, 2.24) is 10.3 Å². The number of methoxy groups -OCH3 is 1. The van der Waals surface area contributed by atoms with Crippen LogP contribution in [0.5, 0.6) is 5.75 Å². The van der Waals surface area contributed by atoms with Gasteiger partial charge < -0.3 is 10.1 Å². The van der Waals surface area contributed by atoms with Crippen molar-refractivity contribution in [1.29, 1.82) is 5.26 Å². The average Bonchev–Trinajstić information content (AvgIpc) is 2.53. The van der Waals surface area contributed by atoms with Gasteiger partial charge in [-0.2, -0.15) is 5.26 Å². The minimum absolute atomic E-state index is 0.222. The second-order valence-electron chi connectivity index (χ2n) is 4.54. The van der Waals surface area contributed by atoms with Crippen molar-refractivity contribution in [3.8, 4) is 11.8 Å². The van der Waals surface area contributed by atoms with Crippen molar-refractivity contribution >= 4 is 0 Å². The van der Waals surface area contributed by atoms with E-state index in [0.717, 1.165) is 11.3 Å². The normalized spacial score (nSPS) is 11.7. The highest BCUT2D eigenvalue weighted by atomic mass is 16.5. The Morgan fingerprint density at radius 2 is 2.05 bits per heavy atom. The Bertz CT molecular complexity index is 602. The van der Waals surface area contributed by atoms with E-state index in [4.69, 9.17) is 10.00 Å². The van der Waals surface area contributed by atoms with Gasteiger partial charge in [0, 0.05) is 18.8 Å². The van der Waals surface area contributed by atoms with Gasteiger partial charge in [-0.1, -0.05) is 12.1 Å².